The summed E-state index contributed by atoms with van der Waals surface area (Å²) in [5.74, 6) is 0.641. The quantitative estimate of drug-likeness (QED) is 0.519. The molecule has 0 aliphatic heterocycles. The average Bonchev–Trinajstić information content (AvgIpc) is 2.60. The van der Waals surface area contributed by atoms with Crippen molar-refractivity contribution < 1.29 is 17.3 Å². The number of rotatable bonds is 8. The lowest BCUT2D eigenvalue weighted by Gasteiger charge is -2.17. The van der Waals surface area contributed by atoms with Crippen LogP contribution in [-0.2, 0) is 14.3 Å². The largest absolute Gasteiger partial charge is 0.483 e. The van der Waals surface area contributed by atoms with Crippen molar-refractivity contribution in [1.82, 2.24) is 0 Å². The third-order valence-corrected chi connectivity index (χ3v) is 4.80. The number of ether oxygens (including phenoxy) is 1. The molecule has 2 aromatic rings. The van der Waals surface area contributed by atoms with Gasteiger partial charge in [-0.15, -0.1) is 0 Å². The highest BCUT2D eigenvalue weighted by atomic mass is 32.2. The zero-order valence-electron chi connectivity index (χ0n) is 14.4. The van der Waals surface area contributed by atoms with Gasteiger partial charge in [0.05, 0.1) is 4.90 Å². The topological polar surface area (TPSA) is 52.6 Å². The number of allylic oxidation sites excluding steroid dienone is 1. The van der Waals surface area contributed by atoms with Crippen molar-refractivity contribution in [2.24, 2.45) is 0 Å². The first kappa shape index (κ1) is 19.0. The highest BCUT2D eigenvalue weighted by Crippen LogP contribution is 2.22. The van der Waals surface area contributed by atoms with E-state index in [9.17, 15) is 8.42 Å². The summed E-state index contributed by atoms with van der Waals surface area (Å²) in [7, 11) is -3.84. The first-order chi connectivity index (χ1) is 12.0. The zero-order chi connectivity index (χ0) is 18.3. The van der Waals surface area contributed by atoms with Crippen molar-refractivity contribution in [2.45, 2.75) is 24.8 Å². The Kier molecular flexibility index (Phi) is 6.56. The smallest absolute Gasteiger partial charge is 0.297 e. The Labute approximate surface area is 149 Å². The number of para-hydroxylation sites is 1. The average molecular weight is 358 g/mol. The molecule has 0 unspecified atom stereocenters. The third-order valence-electron chi connectivity index (χ3n) is 3.50. The summed E-state index contributed by atoms with van der Waals surface area (Å²) in [6.07, 6.45) is 4.76. The van der Waals surface area contributed by atoms with Crippen LogP contribution < -0.4 is 4.74 Å². The van der Waals surface area contributed by atoms with Gasteiger partial charge in [0.15, 0.2) is 0 Å². The molecular formula is C20H22O4S. The van der Waals surface area contributed by atoms with Crippen LogP contribution in [0.25, 0.3) is 6.08 Å². The van der Waals surface area contributed by atoms with Gasteiger partial charge in [0, 0.05) is 5.56 Å². The summed E-state index contributed by atoms with van der Waals surface area (Å²) in [5, 5.41) is 0. The Morgan fingerprint density at radius 1 is 1.12 bits per heavy atom. The van der Waals surface area contributed by atoms with Crippen LogP contribution in [0.3, 0.4) is 0 Å². The van der Waals surface area contributed by atoms with E-state index in [4.69, 9.17) is 8.92 Å². The SMILES string of the molecule is C=C[C@H](COS(=O)(=O)c1ccc(C)cc1)Oc1ccccc1/C=C/C. The van der Waals surface area contributed by atoms with Gasteiger partial charge in [-0.3, -0.25) is 4.18 Å². The van der Waals surface area contributed by atoms with E-state index in [-0.39, 0.29) is 11.5 Å². The molecule has 0 aliphatic rings. The molecule has 0 saturated carbocycles. The van der Waals surface area contributed by atoms with Crippen LogP contribution in [0.4, 0.5) is 0 Å². The number of aryl methyl sites for hydroxylation is 1. The maximum absolute atomic E-state index is 12.3. The van der Waals surface area contributed by atoms with E-state index < -0.39 is 16.2 Å². The van der Waals surface area contributed by atoms with E-state index in [2.05, 4.69) is 6.58 Å². The molecule has 25 heavy (non-hydrogen) atoms. The predicted octanol–water partition coefficient (Wildman–Crippen LogP) is 4.37. The highest BCUT2D eigenvalue weighted by molar-refractivity contribution is 7.86. The van der Waals surface area contributed by atoms with Gasteiger partial charge < -0.3 is 4.74 Å². The first-order valence-corrected chi connectivity index (χ1v) is 9.34. The second kappa shape index (κ2) is 8.65. The molecule has 132 valence electrons. The lowest BCUT2D eigenvalue weighted by Crippen LogP contribution is -2.23. The van der Waals surface area contributed by atoms with E-state index in [1.54, 1.807) is 12.1 Å². The minimum absolute atomic E-state index is 0.121. The van der Waals surface area contributed by atoms with Gasteiger partial charge in [-0.1, -0.05) is 54.6 Å². The van der Waals surface area contributed by atoms with E-state index in [1.807, 2.05) is 50.3 Å². The number of hydrogen-bond donors (Lipinski definition) is 0. The summed E-state index contributed by atoms with van der Waals surface area (Å²) in [5.41, 5.74) is 1.88. The Bertz CT molecular complexity index is 836. The first-order valence-electron chi connectivity index (χ1n) is 7.93. The second-order valence-corrected chi connectivity index (χ2v) is 7.10. The standard InChI is InChI=1S/C20H22O4S/c1-4-8-17-9-6-7-10-20(17)24-18(5-2)15-23-25(21,22)19-13-11-16(3)12-14-19/h4-14,18H,2,15H2,1,3H3/b8-4+/t18-/m1/s1. The van der Waals surface area contributed by atoms with Gasteiger partial charge in [-0.05, 0) is 38.1 Å². The van der Waals surface area contributed by atoms with Crippen LogP contribution in [0.1, 0.15) is 18.1 Å². The molecule has 1 atom stereocenters. The van der Waals surface area contributed by atoms with Crippen LogP contribution in [0, 0.1) is 6.92 Å². The van der Waals surface area contributed by atoms with Gasteiger partial charge >= 0.3 is 0 Å². The molecule has 0 heterocycles. The molecule has 4 nitrogen and oxygen atoms in total. The molecule has 2 aromatic carbocycles. The molecule has 0 aliphatic carbocycles. The Morgan fingerprint density at radius 2 is 1.80 bits per heavy atom. The fraction of sp³-hybridized carbons (Fsp3) is 0.200. The number of benzene rings is 2. The Morgan fingerprint density at radius 3 is 2.44 bits per heavy atom. The summed E-state index contributed by atoms with van der Waals surface area (Å²) < 4.78 is 35.5. The molecule has 0 saturated heterocycles. The van der Waals surface area contributed by atoms with E-state index in [0.29, 0.717) is 5.75 Å². The van der Waals surface area contributed by atoms with E-state index >= 15 is 0 Å². The van der Waals surface area contributed by atoms with Crippen molar-refractivity contribution in [3.63, 3.8) is 0 Å². The second-order valence-electron chi connectivity index (χ2n) is 5.48. The van der Waals surface area contributed by atoms with Crippen molar-refractivity contribution in [2.75, 3.05) is 6.61 Å². The molecule has 2 rings (SSSR count). The lowest BCUT2D eigenvalue weighted by atomic mass is 10.2. The van der Waals surface area contributed by atoms with Gasteiger partial charge in [-0.2, -0.15) is 8.42 Å². The van der Waals surface area contributed by atoms with Crippen LogP contribution >= 0.6 is 0 Å². The van der Waals surface area contributed by atoms with Crippen LogP contribution in [-0.4, -0.2) is 21.1 Å². The minimum Gasteiger partial charge on any atom is -0.483 e. The zero-order valence-corrected chi connectivity index (χ0v) is 15.2. The van der Waals surface area contributed by atoms with Gasteiger partial charge in [-0.25, -0.2) is 0 Å². The number of hydrogen-bond acceptors (Lipinski definition) is 4. The van der Waals surface area contributed by atoms with Gasteiger partial charge in [0.1, 0.15) is 18.5 Å². The summed E-state index contributed by atoms with van der Waals surface area (Å²) in [6, 6.07) is 14.0. The van der Waals surface area contributed by atoms with E-state index in [0.717, 1.165) is 11.1 Å². The monoisotopic (exact) mass is 358 g/mol. The fourth-order valence-corrected chi connectivity index (χ4v) is 3.07. The van der Waals surface area contributed by atoms with E-state index in [1.165, 1.54) is 18.2 Å². The van der Waals surface area contributed by atoms with Crippen LogP contribution in [0.15, 0.2) is 72.2 Å². The minimum atomic E-state index is -3.84. The Hall–Kier alpha value is -2.37. The van der Waals surface area contributed by atoms with Crippen molar-refractivity contribution in [3.05, 3.63) is 78.4 Å². The van der Waals surface area contributed by atoms with Gasteiger partial charge in [0.2, 0.25) is 0 Å². The molecule has 5 heteroatoms. The molecule has 0 fully saturated rings. The summed E-state index contributed by atoms with van der Waals surface area (Å²) in [6.45, 7) is 7.36. The summed E-state index contributed by atoms with van der Waals surface area (Å²) in [4.78, 5) is 0.121. The van der Waals surface area contributed by atoms with Crippen molar-refractivity contribution in [1.29, 1.82) is 0 Å². The lowest BCUT2D eigenvalue weighted by molar-refractivity contribution is 0.167. The molecule has 0 aromatic heterocycles. The maximum atomic E-state index is 12.3. The molecule has 0 amide bonds. The molecule has 0 N–H and O–H groups in total. The molecular weight excluding hydrogens is 336 g/mol. The molecule has 0 radical (unpaired) electrons. The molecule has 0 spiro atoms. The van der Waals surface area contributed by atoms with Gasteiger partial charge in [0.25, 0.3) is 10.1 Å². The third kappa shape index (κ3) is 5.31. The fourth-order valence-electron chi connectivity index (χ4n) is 2.15. The van der Waals surface area contributed by atoms with Crippen LogP contribution in [0.2, 0.25) is 0 Å². The van der Waals surface area contributed by atoms with Crippen LogP contribution in [0.5, 0.6) is 5.75 Å². The summed E-state index contributed by atoms with van der Waals surface area (Å²) >= 11 is 0. The predicted molar refractivity (Wildman–Crippen MR) is 100 cm³/mol. The molecule has 0 bridgehead atoms. The highest BCUT2D eigenvalue weighted by Gasteiger charge is 2.18. The van der Waals surface area contributed by atoms with Crippen molar-refractivity contribution >= 4 is 16.2 Å². The van der Waals surface area contributed by atoms with Crippen molar-refractivity contribution in [3.8, 4) is 5.75 Å². The normalized spacial score (nSPS) is 12.9. The maximum Gasteiger partial charge on any atom is 0.297 e. The Balaban J connectivity index is 2.08.